The number of carbonyl (C=O) groups is 4. The summed E-state index contributed by atoms with van der Waals surface area (Å²) in [5, 5.41) is 22.8. The Hall–Kier alpha value is -3.42. The second-order valence-corrected chi connectivity index (χ2v) is 3.29. The average molecular weight is 342 g/mol. The van der Waals surface area contributed by atoms with Crippen LogP contribution in [0.3, 0.4) is 0 Å². The highest BCUT2D eigenvalue weighted by Crippen LogP contribution is 1.90. The van der Waals surface area contributed by atoms with Crippen LogP contribution in [0.25, 0.3) is 0 Å². The second kappa shape index (κ2) is 21.9. The van der Waals surface area contributed by atoms with Gasteiger partial charge in [0, 0.05) is 23.8 Å². The molecule has 0 radical (unpaired) electrons. The molecule has 0 fully saturated rings. The van der Waals surface area contributed by atoms with Crippen LogP contribution in [0.15, 0.2) is 62.8 Å². The zero-order valence-corrected chi connectivity index (χ0v) is 13.4. The molecule has 134 valence electrons. The highest BCUT2D eigenvalue weighted by molar-refractivity contribution is 5.86. The minimum absolute atomic E-state index is 0.256. The van der Waals surface area contributed by atoms with Gasteiger partial charge in [0.05, 0.1) is 0 Å². The third-order valence-electron chi connectivity index (χ3n) is 1.20. The van der Waals surface area contributed by atoms with Crippen molar-refractivity contribution in [3.05, 3.63) is 62.8 Å². The first-order chi connectivity index (χ1) is 11.0. The van der Waals surface area contributed by atoms with Crippen molar-refractivity contribution < 1.29 is 39.2 Å². The molecule has 24 heavy (non-hydrogen) atoms. The maximum Gasteiger partial charge on any atom is 0.333 e. The number of carbonyl (C=O) groups excluding carboxylic acids is 1. The first-order valence-corrected chi connectivity index (χ1v) is 5.99. The van der Waals surface area contributed by atoms with Crippen LogP contribution < -0.4 is 0 Å². The quantitative estimate of drug-likeness (QED) is 0.379. The summed E-state index contributed by atoms with van der Waals surface area (Å²) in [6, 6.07) is 0. The van der Waals surface area contributed by atoms with Gasteiger partial charge in [0.15, 0.2) is 0 Å². The smallest absolute Gasteiger partial charge is 0.333 e. The number of hydrogen-bond donors (Lipinski definition) is 3. The fourth-order valence-corrected chi connectivity index (χ4v) is 0.258. The van der Waals surface area contributed by atoms with Crippen LogP contribution in [0.1, 0.15) is 6.92 Å². The van der Waals surface area contributed by atoms with Gasteiger partial charge in [0.25, 0.3) is 0 Å². The zero-order valence-electron chi connectivity index (χ0n) is 13.4. The number of rotatable bonds is 6. The fraction of sp³-hybridized carbons (Fsp3) is 0.125. The minimum Gasteiger partial charge on any atom is -0.478 e. The van der Waals surface area contributed by atoms with Crippen LogP contribution in [-0.2, 0) is 23.9 Å². The van der Waals surface area contributed by atoms with E-state index in [4.69, 9.17) is 15.3 Å². The van der Waals surface area contributed by atoms with Crippen LogP contribution in [-0.4, -0.2) is 45.8 Å². The summed E-state index contributed by atoms with van der Waals surface area (Å²) in [5.41, 5.74) is 0.414. The van der Waals surface area contributed by atoms with E-state index in [0.717, 1.165) is 18.2 Å². The Morgan fingerprint density at radius 3 is 1.21 bits per heavy atom. The zero-order chi connectivity index (χ0) is 20.1. The van der Waals surface area contributed by atoms with Gasteiger partial charge in [-0.25, -0.2) is 19.2 Å². The van der Waals surface area contributed by atoms with Gasteiger partial charge in [0.1, 0.15) is 6.61 Å². The van der Waals surface area contributed by atoms with E-state index in [9.17, 15) is 19.2 Å². The standard InChI is InChI=1S/C7H10O2.3C3H4O2/c1-4-5-9-7(8)6(2)3;3*1-2-3(4)5/h4H,1-2,5H2,3H3;3*2H,1H2,(H,4,5). The van der Waals surface area contributed by atoms with Gasteiger partial charge in [0.2, 0.25) is 0 Å². The molecule has 0 aliphatic heterocycles. The molecule has 0 aliphatic rings. The Morgan fingerprint density at radius 2 is 1.08 bits per heavy atom. The second-order valence-electron chi connectivity index (χ2n) is 3.29. The van der Waals surface area contributed by atoms with Crippen molar-refractivity contribution in [2.75, 3.05) is 6.61 Å². The molecule has 8 heteroatoms. The van der Waals surface area contributed by atoms with Crippen molar-refractivity contribution >= 4 is 23.9 Å². The van der Waals surface area contributed by atoms with E-state index >= 15 is 0 Å². The van der Waals surface area contributed by atoms with Gasteiger partial charge in [-0.1, -0.05) is 39.0 Å². The molecule has 0 saturated carbocycles. The highest BCUT2D eigenvalue weighted by Gasteiger charge is 1.98. The maximum atomic E-state index is 10.5. The summed E-state index contributed by atoms with van der Waals surface area (Å²) in [6.07, 6.45) is 4.01. The first kappa shape index (κ1) is 28.7. The lowest BCUT2D eigenvalue weighted by molar-refractivity contribution is -0.138. The van der Waals surface area contributed by atoms with E-state index in [1.54, 1.807) is 6.92 Å². The fourth-order valence-electron chi connectivity index (χ4n) is 0.258. The Morgan fingerprint density at radius 1 is 0.833 bits per heavy atom. The van der Waals surface area contributed by atoms with Gasteiger partial charge >= 0.3 is 23.9 Å². The van der Waals surface area contributed by atoms with Crippen LogP contribution in [0.4, 0.5) is 0 Å². The Labute approximate surface area is 140 Å². The van der Waals surface area contributed by atoms with E-state index < -0.39 is 17.9 Å². The lowest BCUT2D eigenvalue weighted by Crippen LogP contribution is -2.03. The molecule has 0 rings (SSSR count). The maximum absolute atomic E-state index is 10.5. The van der Waals surface area contributed by atoms with E-state index in [2.05, 4.69) is 37.6 Å². The van der Waals surface area contributed by atoms with Crippen LogP contribution in [0.2, 0.25) is 0 Å². The largest absolute Gasteiger partial charge is 0.478 e. The number of hydrogen-bond acceptors (Lipinski definition) is 5. The monoisotopic (exact) mass is 342 g/mol. The molecule has 0 amide bonds. The van der Waals surface area contributed by atoms with Crippen molar-refractivity contribution in [1.82, 2.24) is 0 Å². The average Bonchev–Trinajstić information content (AvgIpc) is 2.53. The van der Waals surface area contributed by atoms with E-state index in [-0.39, 0.29) is 12.6 Å². The summed E-state index contributed by atoms with van der Waals surface area (Å²) in [7, 11) is 0. The molecule has 8 nitrogen and oxygen atoms in total. The first-order valence-electron chi connectivity index (χ1n) is 5.99. The molecule has 0 unspecified atom stereocenters. The molecule has 0 aromatic carbocycles. The van der Waals surface area contributed by atoms with E-state index in [1.165, 1.54) is 6.08 Å². The summed E-state index contributed by atoms with van der Waals surface area (Å²) < 4.78 is 4.60. The Kier molecular flexibility index (Phi) is 26.2. The lowest BCUT2D eigenvalue weighted by Gasteiger charge is -1.97. The topological polar surface area (TPSA) is 138 Å². The molecular weight excluding hydrogens is 320 g/mol. The Bertz CT molecular complexity index is 432. The molecule has 0 bridgehead atoms. The summed E-state index contributed by atoms with van der Waals surface area (Å²) >= 11 is 0. The molecule has 0 aromatic heterocycles. The molecule has 0 aliphatic carbocycles. The molecular formula is C16H22O8. The number of ether oxygens (including phenoxy) is 1. The summed E-state index contributed by atoms with van der Waals surface area (Å²) in [6.45, 7) is 17.5. The third-order valence-corrected chi connectivity index (χ3v) is 1.20. The molecule has 3 N–H and O–H groups in total. The van der Waals surface area contributed by atoms with Gasteiger partial charge < -0.3 is 20.1 Å². The predicted octanol–water partition coefficient (Wildman–Crippen LogP) is 2.06. The molecule has 0 aromatic rings. The number of carboxylic acids is 3. The van der Waals surface area contributed by atoms with Crippen LogP contribution >= 0.6 is 0 Å². The number of carboxylic acid groups (broad SMARTS) is 3. The molecule has 0 heterocycles. The van der Waals surface area contributed by atoms with Gasteiger partial charge in [-0.2, -0.15) is 0 Å². The van der Waals surface area contributed by atoms with Crippen molar-refractivity contribution in [2.24, 2.45) is 0 Å². The van der Waals surface area contributed by atoms with Crippen molar-refractivity contribution in [2.45, 2.75) is 6.92 Å². The van der Waals surface area contributed by atoms with E-state index in [1.807, 2.05) is 0 Å². The van der Waals surface area contributed by atoms with Crippen molar-refractivity contribution in [3.63, 3.8) is 0 Å². The number of aliphatic carboxylic acids is 3. The predicted molar refractivity (Wildman–Crippen MR) is 89.5 cm³/mol. The van der Waals surface area contributed by atoms with Gasteiger partial charge in [-0.3, -0.25) is 0 Å². The summed E-state index contributed by atoms with van der Waals surface area (Å²) in [5.74, 6) is -3.31. The SMILES string of the molecule is C=CC(=O)O.C=CC(=O)O.C=CC(=O)O.C=CCOC(=O)C(=C)C. The normalized spacial score (nSPS) is 7.04. The molecule has 0 atom stereocenters. The van der Waals surface area contributed by atoms with Crippen LogP contribution in [0.5, 0.6) is 0 Å². The third kappa shape index (κ3) is 51.3. The number of esters is 1. The van der Waals surface area contributed by atoms with Crippen molar-refractivity contribution in [1.29, 1.82) is 0 Å². The highest BCUT2D eigenvalue weighted by atomic mass is 16.5. The Balaban J connectivity index is -0.000000116. The van der Waals surface area contributed by atoms with Gasteiger partial charge in [-0.15, -0.1) is 0 Å². The minimum atomic E-state index is -0.981. The van der Waals surface area contributed by atoms with Crippen molar-refractivity contribution in [3.8, 4) is 0 Å². The molecule has 0 spiro atoms. The van der Waals surface area contributed by atoms with E-state index in [0.29, 0.717) is 5.57 Å². The van der Waals surface area contributed by atoms with Crippen LogP contribution in [0, 0.1) is 0 Å². The van der Waals surface area contributed by atoms with Gasteiger partial charge in [-0.05, 0) is 6.92 Å². The molecule has 0 saturated heterocycles. The lowest BCUT2D eigenvalue weighted by atomic mass is 10.4. The summed E-state index contributed by atoms with van der Waals surface area (Å²) in [4.78, 5) is 38.3.